The first-order chi connectivity index (χ1) is 10.3. The zero-order chi connectivity index (χ0) is 14.0. The molecule has 0 fully saturated rings. The minimum Gasteiger partial charge on any atom is -0.354 e. The first-order valence-corrected chi connectivity index (χ1v) is 8.43. The van der Waals surface area contributed by atoms with E-state index in [1.54, 1.807) is 0 Å². The van der Waals surface area contributed by atoms with E-state index in [2.05, 4.69) is 75.5 Å². The highest BCUT2D eigenvalue weighted by Crippen LogP contribution is 2.40. The van der Waals surface area contributed by atoms with Gasteiger partial charge in [0, 0.05) is 46.5 Å². The molecule has 0 spiro atoms. The lowest BCUT2D eigenvalue weighted by atomic mass is 10.1. The maximum absolute atomic E-state index is 3.66. The first-order valence-electron chi connectivity index (χ1n) is 6.82. The Balaban J connectivity index is 2.04. The van der Waals surface area contributed by atoms with Crippen molar-refractivity contribution >= 4 is 69.2 Å². The van der Waals surface area contributed by atoms with Crippen LogP contribution in [0.4, 0.5) is 0 Å². The Bertz CT molecular complexity index is 1150. The molecule has 2 heterocycles. The Morgan fingerprint density at radius 3 is 2.57 bits per heavy atom. The fraction of sp³-hybridized carbons (Fsp3) is 0. The van der Waals surface area contributed by atoms with Crippen LogP contribution in [0.1, 0.15) is 0 Å². The molecule has 0 radical (unpaired) electrons. The van der Waals surface area contributed by atoms with Crippen LogP contribution in [-0.4, -0.2) is 4.98 Å². The van der Waals surface area contributed by atoms with Crippen LogP contribution in [0.15, 0.2) is 59.1 Å². The van der Waals surface area contributed by atoms with Gasteiger partial charge in [0.1, 0.15) is 0 Å². The summed E-state index contributed by atoms with van der Waals surface area (Å²) >= 11 is 5.51. The lowest BCUT2D eigenvalue weighted by Gasteiger charge is -1.95. The van der Waals surface area contributed by atoms with Crippen LogP contribution in [-0.2, 0) is 0 Å². The summed E-state index contributed by atoms with van der Waals surface area (Å²) in [5.41, 5.74) is 2.42. The molecule has 21 heavy (non-hydrogen) atoms. The number of H-pyrrole nitrogens is 1. The minimum atomic E-state index is 1.18. The number of hydrogen-bond acceptors (Lipinski definition) is 1. The predicted octanol–water partition coefficient (Wildman–Crippen LogP) is 6.45. The highest BCUT2D eigenvalue weighted by atomic mass is 79.9. The number of fused-ring (bicyclic) bond motifs is 6. The van der Waals surface area contributed by atoms with Crippen molar-refractivity contribution in [1.29, 1.82) is 0 Å². The number of halogens is 1. The van der Waals surface area contributed by atoms with E-state index in [1.165, 1.54) is 46.5 Å². The first kappa shape index (κ1) is 11.8. The van der Waals surface area contributed by atoms with Crippen molar-refractivity contribution in [1.82, 2.24) is 4.98 Å². The standard InChI is InChI=1S/C18H10BrNS/c19-14-6-3-5-11-13-8-12-10-4-1-2-7-15(10)20-16(12)9-17(13)21-18(11)14/h1-9,20H. The summed E-state index contributed by atoms with van der Waals surface area (Å²) in [6.45, 7) is 0. The second-order valence-corrected chi connectivity index (χ2v) is 7.19. The number of rotatable bonds is 0. The Morgan fingerprint density at radius 1 is 0.762 bits per heavy atom. The van der Waals surface area contributed by atoms with Gasteiger partial charge in [0.2, 0.25) is 0 Å². The fourth-order valence-electron chi connectivity index (χ4n) is 3.11. The maximum Gasteiger partial charge on any atom is 0.0497 e. The summed E-state index contributed by atoms with van der Waals surface area (Å²) in [6.07, 6.45) is 0. The Labute approximate surface area is 133 Å². The number of aromatic amines is 1. The monoisotopic (exact) mass is 351 g/mol. The minimum absolute atomic E-state index is 1.18. The van der Waals surface area contributed by atoms with E-state index in [0.717, 1.165) is 0 Å². The fourth-order valence-corrected chi connectivity index (χ4v) is 4.85. The van der Waals surface area contributed by atoms with Gasteiger partial charge in [-0.05, 0) is 40.2 Å². The highest BCUT2D eigenvalue weighted by Gasteiger charge is 2.11. The molecule has 0 bridgehead atoms. The van der Waals surface area contributed by atoms with Gasteiger partial charge in [-0.25, -0.2) is 0 Å². The molecule has 3 aromatic carbocycles. The van der Waals surface area contributed by atoms with Gasteiger partial charge >= 0.3 is 0 Å². The summed E-state index contributed by atoms with van der Waals surface area (Å²) in [7, 11) is 0. The number of benzene rings is 3. The topological polar surface area (TPSA) is 15.8 Å². The van der Waals surface area contributed by atoms with Crippen LogP contribution >= 0.6 is 27.3 Å². The average Bonchev–Trinajstić information content (AvgIpc) is 3.04. The summed E-state index contributed by atoms with van der Waals surface area (Å²) in [4.78, 5) is 3.52. The van der Waals surface area contributed by atoms with Crippen molar-refractivity contribution in [3.63, 3.8) is 0 Å². The van der Waals surface area contributed by atoms with Crippen LogP contribution in [0.25, 0.3) is 42.0 Å². The second kappa shape index (κ2) is 4.09. The molecule has 0 saturated carbocycles. The van der Waals surface area contributed by atoms with Crippen molar-refractivity contribution in [2.45, 2.75) is 0 Å². The van der Waals surface area contributed by atoms with Gasteiger partial charge in [0.15, 0.2) is 0 Å². The van der Waals surface area contributed by atoms with Gasteiger partial charge in [0.05, 0.1) is 0 Å². The van der Waals surface area contributed by atoms with Gasteiger partial charge in [0.25, 0.3) is 0 Å². The number of para-hydroxylation sites is 1. The van der Waals surface area contributed by atoms with Crippen LogP contribution < -0.4 is 0 Å². The predicted molar refractivity (Wildman–Crippen MR) is 96.4 cm³/mol. The van der Waals surface area contributed by atoms with Crippen molar-refractivity contribution in [2.24, 2.45) is 0 Å². The zero-order valence-electron chi connectivity index (χ0n) is 11.0. The molecule has 0 aliphatic rings. The molecule has 100 valence electrons. The molecule has 5 aromatic rings. The van der Waals surface area contributed by atoms with E-state index in [-0.39, 0.29) is 0 Å². The molecule has 0 amide bonds. The molecule has 1 N–H and O–H groups in total. The average molecular weight is 352 g/mol. The molecule has 2 aromatic heterocycles. The van der Waals surface area contributed by atoms with Gasteiger partial charge in [-0.2, -0.15) is 0 Å². The number of aromatic nitrogens is 1. The molecular weight excluding hydrogens is 342 g/mol. The van der Waals surface area contributed by atoms with Crippen LogP contribution in [0.3, 0.4) is 0 Å². The second-order valence-electron chi connectivity index (χ2n) is 5.28. The van der Waals surface area contributed by atoms with Crippen LogP contribution in [0, 0.1) is 0 Å². The maximum atomic E-state index is 3.66. The molecule has 0 aliphatic heterocycles. The number of thiophene rings is 1. The Kier molecular flexibility index (Phi) is 2.29. The molecule has 0 saturated heterocycles. The van der Waals surface area contributed by atoms with Gasteiger partial charge in [-0.3, -0.25) is 0 Å². The van der Waals surface area contributed by atoms with Crippen molar-refractivity contribution in [3.8, 4) is 0 Å². The molecule has 0 aliphatic carbocycles. The third kappa shape index (κ3) is 1.56. The Hall–Kier alpha value is -1.84. The van der Waals surface area contributed by atoms with E-state index in [4.69, 9.17) is 0 Å². The van der Waals surface area contributed by atoms with E-state index in [1.807, 2.05) is 11.3 Å². The third-order valence-electron chi connectivity index (χ3n) is 4.08. The molecule has 0 unspecified atom stereocenters. The molecule has 0 atom stereocenters. The quantitative estimate of drug-likeness (QED) is 0.330. The summed E-state index contributed by atoms with van der Waals surface area (Å²) in [5.74, 6) is 0. The molecule has 1 nitrogen and oxygen atoms in total. The van der Waals surface area contributed by atoms with Crippen LogP contribution in [0.2, 0.25) is 0 Å². The van der Waals surface area contributed by atoms with Crippen molar-refractivity contribution in [3.05, 3.63) is 59.1 Å². The largest absolute Gasteiger partial charge is 0.354 e. The summed E-state index contributed by atoms with van der Waals surface area (Å²) < 4.78 is 3.83. The van der Waals surface area contributed by atoms with Gasteiger partial charge < -0.3 is 4.98 Å². The van der Waals surface area contributed by atoms with Gasteiger partial charge in [-0.15, -0.1) is 11.3 Å². The number of hydrogen-bond donors (Lipinski definition) is 1. The smallest absolute Gasteiger partial charge is 0.0497 e. The van der Waals surface area contributed by atoms with E-state index in [9.17, 15) is 0 Å². The van der Waals surface area contributed by atoms with E-state index < -0.39 is 0 Å². The molecule has 5 rings (SSSR count). The normalized spacial score (nSPS) is 12.0. The van der Waals surface area contributed by atoms with E-state index in [0.29, 0.717) is 0 Å². The zero-order valence-corrected chi connectivity index (χ0v) is 13.4. The number of nitrogens with one attached hydrogen (secondary N) is 1. The highest BCUT2D eigenvalue weighted by molar-refractivity contribution is 9.10. The van der Waals surface area contributed by atoms with Crippen molar-refractivity contribution < 1.29 is 0 Å². The lowest BCUT2D eigenvalue weighted by molar-refractivity contribution is 1.56. The van der Waals surface area contributed by atoms with Crippen molar-refractivity contribution in [2.75, 3.05) is 0 Å². The van der Waals surface area contributed by atoms with Crippen LogP contribution in [0.5, 0.6) is 0 Å². The molecular formula is C18H10BrNS. The SMILES string of the molecule is Brc1cccc2c1sc1cc3[nH]c4ccccc4c3cc12. The summed E-state index contributed by atoms with van der Waals surface area (Å²) in [6, 6.07) is 19.5. The lowest BCUT2D eigenvalue weighted by Crippen LogP contribution is -1.69. The van der Waals surface area contributed by atoms with E-state index >= 15 is 0 Å². The third-order valence-corrected chi connectivity index (χ3v) is 6.20. The summed E-state index contributed by atoms with van der Waals surface area (Å²) in [5, 5.41) is 5.27. The van der Waals surface area contributed by atoms with Gasteiger partial charge in [-0.1, -0.05) is 30.3 Å². The molecule has 3 heteroatoms. The Morgan fingerprint density at radius 2 is 1.62 bits per heavy atom.